The molecule has 0 bridgehead atoms. The second-order valence-electron chi connectivity index (χ2n) is 2.36. The van der Waals surface area contributed by atoms with Crippen molar-refractivity contribution in [1.82, 2.24) is 10.6 Å². The SMILES string of the molecule is CCNC(=O)NCCCC(N)=O. The minimum absolute atomic E-state index is 0.207. The lowest BCUT2D eigenvalue weighted by Crippen LogP contribution is -2.36. The normalized spacial score (nSPS) is 9.08. The molecule has 0 aliphatic heterocycles. The van der Waals surface area contributed by atoms with Crippen molar-refractivity contribution < 1.29 is 9.59 Å². The first-order valence-corrected chi connectivity index (χ1v) is 3.96. The molecule has 70 valence electrons. The third kappa shape index (κ3) is 6.85. The van der Waals surface area contributed by atoms with Crippen molar-refractivity contribution in [3.8, 4) is 0 Å². The van der Waals surface area contributed by atoms with E-state index in [2.05, 4.69) is 10.6 Å². The van der Waals surface area contributed by atoms with E-state index >= 15 is 0 Å². The van der Waals surface area contributed by atoms with Crippen molar-refractivity contribution in [2.75, 3.05) is 13.1 Å². The van der Waals surface area contributed by atoms with Gasteiger partial charge in [-0.15, -0.1) is 0 Å². The molecule has 0 rings (SSSR count). The zero-order valence-electron chi connectivity index (χ0n) is 7.22. The van der Waals surface area contributed by atoms with Crippen LogP contribution in [0.4, 0.5) is 4.79 Å². The summed E-state index contributed by atoms with van der Waals surface area (Å²) < 4.78 is 0. The van der Waals surface area contributed by atoms with E-state index in [9.17, 15) is 9.59 Å². The molecule has 0 saturated heterocycles. The number of rotatable bonds is 5. The number of primary amides is 1. The minimum atomic E-state index is -0.340. The highest BCUT2D eigenvalue weighted by Crippen LogP contribution is 1.83. The summed E-state index contributed by atoms with van der Waals surface area (Å²) in [6.07, 6.45) is 0.902. The Labute approximate surface area is 71.7 Å². The lowest BCUT2D eigenvalue weighted by Gasteiger charge is -2.03. The molecule has 0 aromatic rings. The van der Waals surface area contributed by atoms with Gasteiger partial charge in [0.15, 0.2) is 0 Å². The fourth-order valence-electron chi connectivity index (χ4n) is 0.688. The number of carbonyl (C=O) groups excluding carboxylic acids is 2. The summed E-state index contributed by atoms with van der Waals surface area (Å²) in [6.45, 7) is 2.92. The summed E-state index contributed by atoms with van der Waals surface area (Å²) in [5.74, 6) is -0.340. The van der Waals surface area contributed by atoms with Crippen LogP contribution in [0.15, 0.2) is 0 Å². The van der Waals surface area contributed by atoms with Crippen LogP contribution < -0.4 is 16.4 Å². The van der Waals surface area contributed by atoms with E-state index < -0.39 is 0 Å². The first-order chi connectivity index (χ1) is 5.66. The summed E-state index contributed by atoms with van der Waals surface area (Å²) in [7, 11) is 0. The molecule has 3 amide bonds. The fraction of sp³-hybridized carbons (Fsp3) is 0.714. The Bertz CT molecular complexity index is 159. The Hall–Kier alpha value is -1.26. The van der Waals surface area contributed by atoms with Gasteiger partial charge in [0.25, 0.3) is 0 Å². The van der Waals surface area contributed by atoms with Crippen LogP contribution >= 0.6 is 0 Å². The highest BCUT2D eigenvalue weighted by atomic mass is 16.2. The first kappa shape index (κ1) is 10.7. The molecule has 0 fully saturated rings. The molecule has 5 heteroatoms. The summed E-state index contributed by atoms with van der Waals surface area (Å²) in [5.41, 5.74) is 4.90. The average Bonchev–Trinajstić information content (AvgIpc) is 1.98. The molecule has 0 atom stereocenters. The van der Waals surface area contributed by atoms with Gasteiger partial charge in [-0.1, -0.05) is 0 Å². The second-order valence-corrected chi connectivity index (χ2v) is 2.36. The average molecular weight is 173 g/mol. The third-order valence-electron chi connectivity index (χ3n) is 1.22. The number of urea groups is 1. The molecule has 0 radical (unpaired) electrons. The Morgan fingerprint density at radius 1 is 1.33 bits per heavy atom. The van der Waals surface area contributed by atoms with E-state index in [1.165, 1.54) is 0 Å². The largest absolute Gasteiger partial charge is 0.370 e. The lowest BCUT2D eigenvalue weighted by molar-refractivity contribution is -0.118. The Morgan fingerprint density at radius 2 is 2.00 bits per heavy atom. The first-order valence-electron chi connectivity index (χ1n) is 3.96. The quantitative estimate of drug-likeness (QED) is 0.493. The molecular weight excluding hydrogens is 158 g/mol. The molecular formula is C7H15N3O2. The molecule has 0 aliphatic carbocycles. The monoisotopic (exact) mass is 173 g/mol. The number of nitrogens with two attached hydrogens (primary N) is 1. The molecule has 0 heterocycles. The number of hydrogen-bond acceptors (Lipinski definition) is 2. The fourth-order valence-corrected chi connectivity index (χ4v) is 0.688. The van der Waals surface area contributed by atoms with Gasteiger partial charge in [-0.2, -0.15) is 0 Å². The van der Waals surface area contributed by atoms with Crippen LogP contribution in [-0.4, -0.2) is 25.0 Å². The Kier molecular flexibility index (Phi) is 5.77. The van der Waals surface area contributed by atoms with Gasteiger partial charge < -0.3 is 16.4 Å². The summed E-state index contributed by atoms with van der Waals surface area (Å²) in [5, 5.41) is 5.15. The number of carbonyl (C=O) groups is 2. The number of nitrogens with one attached hydrogen (secondary N) is 2. The molecule has 0 saturated carbocycles. The third-order valence-corrected chi connectivity index (χ3v) is 1.22. The zero-order chi connectivity index (χ0) is 9.40. The number of hydrogen-bond donors (Lipinski definition) is 3. The molecule has 0 unspecified atom stereocenters. The molecule has 0 aromatic carbocycles. The smallest absolute Gasteiger partial charge is 0.314 e. The summed E-state index contributed by atoms with van der Waals surface area (Å²) in [4.78, 5) is 21.0. The zero-order valence-corrected chi connectivity index (χ0v) is 7.22. The van der Waals surface area contributed by atoms with Gasteiger partial charge in [0.05, 0.1) is 0 Å². The number of amides is 3. The highest BCUT2D eigenvalue weighted by Gasteiger charge is 1.97. The van der Waals surface area contributed by atoms with E-state index in [0.29, 0.717) is 25.9 Å². The second kappa shape index (κ2) is 6.45. The maximum atomic E-state index is 10.7. The van der Waals surface area contributed by atoms with Crippen molar-refractivity contribution in [2.45, 2.75) is 19.8 Å². The molecule has 5 nitrogen and oxygen atoms in total. The van der Waals surface area contributed by atoms with Gasteiger partial charge >= 0.3 is 6.03 Å². The van der Waals surface area contributed by atoms with E-state index in [1.807, 2.05) is 6.92 Å². The van der Waals surface area contributed by atoms with Crippen LogP contribution in [0.25, 0.3) is 0 Å². The Morgan fingerprint density at radius 3 is 2.50 bits per heavy atom. The van der Waals surface area contributed by atoms with Gasteiger partial charge in [0.1, 0.15) is 0 Å². The van der Waals surface area contributed by atoms with E-state index in [1.54, 1.807) is 0 Å². The van der Waals surface area contributed by atoms with Gasteiger partial charge in [-0.05, 0) is 13.3 Å². The molecule has 0 spiro atoms. The minimum Gasteiger partial charge on any atom is -0.370 e. The molecule has 0 aromatic heterocycles. The predicted octanol–water partition coefficient (Wildman–Crippen LogP) is -0.429. The van der Waals surface area contributed by atoms with Crippen LogP contribution in [0.1, 0.15) is 19.8 Å². The maximum Gasteiger partial charge on any atom is 0.314 e. The molecule has 0 aliphatic rings. The van der Waals surface area contributed by atoms with Crippen molar-refractivity contribution in [3.63, 3.8) is 0 Å². The summed E-state index contributed by atoms with van der Waals surface area (Å²) in [6, 6.07) is -0.207. The van der Waals surface area contributed by atoms with Crippen molar-refractivity contribution in [3.05, 3.63) is 0 Å². The van der Waals surface area contributed by atoms with Crippen molar-refractivity contribution >= 4 is 11.9 Å². The molecule has 12 heavy (non-hydrogen) atoms. The van der Waals surface area contributed by atoms with Gasteiger partial charge in [-0.25, -0.2) is 4.79 Å². The highest BCUT2D eigenvalue weighted by molar-refractivity contribution is 5.74. The van der Waals surface area contributed by atoms with Crippen LogP contribution in [-0.2, 0) is 4.79 Å². The lowest BCUT2D eigenvalue weighted by atomic mass is 10.3. The maximum absolute atomic E-state index is 10.7. The van der Waals surface area contributed by atoms with Crippen LogP contribution in [0.5, 0.6) is 0 Å². The van der Waals surface area contributed by atoms with E-state index in [0.717, 1.165) is 0 Å². The predicted molar refractivity (Wildman–Crippen MR) is 45.5 cm³/mol. The Balaban J connectivity index is 3.19. The van der Waals surface area contributed by atoms with Crippen LogP contribution in [0, 0.1) is 0 Å². The van der Waals surface area contributed by atoms with Gasteiger partial charge in [-0.3, -0.25) is 4.79 Å². The van der Waals surface area contributed by atoms with Crippen molar-refractivity contribution in [2.24, 2.45) is 5.73 Å². The summed E-state index contributed by atoms with van der Waals surface area (Å²) >= 11 is 0. The van der Waals surface area contributed by atoms with E-state index in [4.69, 9.17) is 5.73 Å². The van der Waals surface area contributed by atoms with Gasteiger partial charge in [0.2, 0.25) is 5.91 Å². The van der Waals surface area contributed by atoms with Crippen molar-refractivity contribution in [1.29, 1.82) is 0 Å². The van der Waals surface area contributed by atoms with Crippen LogP contribution in [0.2, 0.25) is 0 Å². The topological polar surface area (TPSA) is 84.2 Å². The van der Waals surface area contributed by atoms with Gasteiger partial charge in [0, 0.05) is 19.5 Å². The van der Waals surface area contributed by atoms with E-state index in [-0.39, 0.29) is 11.9 Å². The molecule has 4 N–H and O–H groups in total. The standard InChI is InChI=1S/C7H15N3O2/c1-2-9-7(12)10-5-3-4-6(8)11/h2-5H2,1H3,(H2,8,11)(H2,9,10,12). The van der Waals surface area contributed by atoms with Crippen LogP contribution in [0.3, 0.4) is 0 Å².